The Labute approximate surface area is 84.6 Å². The fraction of sp³-hybridized carbons (Fsp3) is 0.900. The second-order valence-corrected chi connectivity index (χ2v) is 3.67. The number of rotatable bonds is 4. The minimum Gasteiger partial charge on any atom is -0.446 e. The van der Waals surface area contributed by atoms with E-state index in [1.54, 1.807) is 0 Å². The number of nitrogens with one attached hydrogen (secondary N) is 1. The third-order valence-corrected chi connectivity index (χ3v) is 2.43. The molecule has 0 unspecified atom stereocenters. The fourth-order valence-corrected chi connectivity index (χ4v) is 1.65. The van der Waals surface area contributed by atoms with Gasteiger partial charge in [-0.3, -0.25) is 0 Å². The Morgan fingerprint density at radius 2 is 2.07 bits per heavy atom. The van der Waals surface area contributed by atoms with E-state index in [0.29, 0.717) is 13.0 Å². The summed E-state index contributed by atoms with van der Waals surface area (Å²) in [4.78, 5) is 11.2. The van der Waals surface area contributed by atoms with E-state index in [1.807, 2.05) is 0 Å². The Kier molecular flexibility index (Phi) is 5.37. The number of hydrogen-bond donors (Lipinski definition) is 2. The van der Waals surface area contributed by atoms with Crippen LogP contribution < -0.4 is 5.32 Å². The van der Waals surface area contributed by atoms with Gasteiger partial charge >= 0.3 is 6.09 Å². The van der Waals surface area contributed by atoms with Crippen molar-refractivity contribution in [3.05, 3.63) is 0 Å². The lowest BCUT2D eigenvalue weighted by Crippen LogP contribution is -2.30. The Morgan fingerprint density at radius 1 is 1.36 bits per heavy atom. The van der Waals surface area contributed by atoms with E-state index < -0.39 is 0 Å². The highest BCUT2D eigenvalue weighted by Crippen LogP contribution is 2.20. The maximum absolute atomic E-state index is 11.2. The van der Waals surface area contributed by atoms with E-state index in [0.717, 1.165) is 25.7 Å². The highest BCUT2D eigenvalue weighted by atomic mass is 16.6. The molecule has 1 rings (SSSR count). The highest BCUT2D eigenvalue weighted by molar-refractivity contribution is 5.67. The number of aliphatic hydroxyl groups excluding tert-OH is 1. The van der Waals surface area contributed by atoms with Gasteiger partial charge in [0, 0.05) is 13.2 Å². The van der Waals surface area contributed by atoms with Crippen molar-refractivity contribution in [2.24, 2.45) is 0 Å². The standard InChI is InChI=1S/C10H19NO3/c12-8-4-7-11-10(13)14-9-5-2-1-3-6-9/h9,12H,1-8H2,(H,11,13). The van der Waals surface area contributed by atoms with E-state index in [-0.39, 0.29) is 18.8 Å². The summed E-state index contributed by atoms with van der Waals surface area (Å²) in [5.41, 5.74) is 0. The highest BCUT2D eigenvalue weighted by Gasteiger charge is 2.16. The lowest BCUT2D eigenvalue weighted by molar-refractivity contribution is 0.0751. The second-order valence-electron chi connectivity index (χ2n) is 3.67. The molecule has 1 amide bonds. The molecular weight excluding hydrogens is 182 g/mol. The third kappa shape index (κ3) is 4.46. The van der Waals surface area contributed by atoms with Gasteiger partial charge in [0.15, 0.2) is 0 Å². The van der Waals surface area contributed by atoms with E-state index in [1.165, 1.54) is 6.42 Å². The first-order valence-electron chi connectivity index (χ1n) is 5.38. The van der Waals surface area contributed by atoms with Crippen LogP contribution in [-0.4, -0.2) is 30.5 Å². The van der Waals surface area contributed by atoms with Crippen molar-refractivity contribution in [1.82, 2.24) is 5.32 Å². The maximum Gasteiger partial charge on any atom is 0.407 e. The Balaban J connectivity index is 2.06. The first-order chi connectivity index (χ1) is 6.83. The number of hydrogen-bond acceptors (Lipinski definition) is 3. The molecule has 1 fully saturated rings. The number of alkyl carbamates (subject to hydrolysis) is 1. The number of carbonyl (C=O) groups excluding carboxylic acids is 1. The van der Waals surface area contributed by atoms with Crippen molar-refractivity contribution in [3.8, 4) is 0 Å². The quantitative estimate of drug-likeness (QED) is 0.676. The van der Waals surface area contributed by atoms with Gasteiger partial charge in [-0.15, -0.1) is 0 Å². The summed E-state index contributed by atoms with van der Waals surface area (Å²) >= 11 is 0. The van der Waals surface area contributed by atoms with Crippen LogP contribution in [0.3, 0.4) is 0 Å². The first kappa shape index (κ1) is 11.3. The molecule has 1 saturated carbocycles. The van der Waals surface area contributed by atoms with Gasteiger partial charge in [-0.2, -0.15) is 0 Å². The zero-order chi connectivity index (χ0) is 10.2. The monoisotopic (exact) mass is 201 g/mol. The van der Waals surface area contributed by atoms with Gasteiger partial charge < -0.3 is 15.2 Å². The van der Waals surface area contributed by atoms with E-state index >= 15 is 0 Å². The van der Waals surface area contributed by atoms with Crippen molar-refractivity contribution in [2.75, 3.05) is 13.2 Å². The molecule has 1 aliphatic rings. The lowest BCUT2D eigenvalue weighted by Gasteiger charge is -2.21. The zero-order valence-electron chi connectivity index (χ0n) is 8.50. The number of ether oxygens (including phenoxy) is 1. The van der Waals surface area contributed by atoms with Crippen LogP contribution in [-0.2, 0) is 4.74 Å². The van der Waals surface area contributed by atoms with Crippen LogP contribution >= 0.6 is 0 Å². The molecular formula is C10H19NO3. The summed E-state index contributed by atoms with van der Waals surface area (Å²) in [5.74, 6) is 0. The largest absolute Gasteiger partial charge is 0.446 e. The van der Waals surface area contributed by atoms with Gasteiger partial charge in [-0.1, -0.05) is 6.42 Å². The molecule has 0 aromatic heterocycles. The second kappa shape index (κ2) is 6.65. The van der Waals surface area contributed by atoms with E-state index in [9.17, 15) is 4.79 Å². The average Bonchev–Trinajstić information content (AvgIpc) is 2.20. The normalized spacial score (nSPS) is 17.8. The molecule has 0 heterocycles. The van der Waals surface area contributed by atoms with Crippen LogP contribution in [0.2, 0.25) is 0 Å². The molecule has 0 aromatic rings. The summed E-state index contributed by atoms with van der Waals surface area (Å²) in [7, 11) is 0. The molecule has 0 aliphatic heterocycles. The van der Waals surface area contributed by atoms with Gasteiger partial charge in [0.25, 0.3) is 0 Å². The SMILES string of the molecule is O=C(NCCCO)OC1CCCCC1. The fourth-order valence-electron chi connectivity index (χ4n) is 1.65. The molecule has 4 nitrogen and oxygen atoms in total. The predicted octanol–water partition coefficient (Wildman–Crippen LogP) is 1.43. The predicted molar refractivity (Wildman–Crippen MR) is 53.1 cm³/mol. The molecule has 0 radical (unpaired) electrons. The summed E-state index contributed by atoms with van der Waals surface area (Å²) in [6, 6.07) is 0. The molecule has 0 saturated heterocycles. The van der Waals surface area contributed by atoms with Gasteiger partial charge in [-0.25, -0.2) is 4.79 Å². The lowest BCUT2D eigenvalue weighted by atomic mass is 9.98. The Hall–Kier alpha value is -0.770. The third-order valence-electron chi connectivity index (χ3n) is 2.43. The van der Waals surface area contributed by atoms with Crippen LogP contribution in [0.5, 0.6) is 0 Å². The minimum atomic E-state index is -0.342. The minimum absolute atomic E-state index is 0.101. The van der Waals surface area contributed by atoms with Gasteiger partial charge in [0.05, 0.1) is 0 Å². The van der Waals surface area contributed by atoms with Gasteiger partial charge in [-0.05, 0) is 32.1 Å². The summed E-state index contributed by atoms with van der Waals surface area (Å²) in [5, 5.41) is 11.1. The smallest absolute Gasteiger partial charge is 0.407 e. The van der Waals surface area contributed by atoms with Crippen LogP contribution in [0.25, 0.3) is 0 Å². The summed E-state index contributed by atoms with van der Waals surface area (Å²) < 4.78 is 5.21. The van der Waals surface area contributed by atoms with Crippen LogP contribution in [0.15, 0.2) is 0 Å². The van der Waals surface area contributed by atoms with Crippen molar-refractivity contribution in [1.29, 1.82) is 0 Å². The molecule has 4 heteroatoms. The molecule has 0 atom stereocenters. The molecule has 1 aliphatic carbocycles. The Morgan fingerprint density at radius 3 is 2.71 bits per heavy atom. The van der Waals surface area contributed by atoms with Crippen LogP contribution in [0.4, 0.5) is 4.79 Å². The summed E-state index contributed by atoms with van der Waals surface area (Å²) in [6.07, 6.45) is 5.92. The van der Waals surface area contributed by atoms with Crippen LogP contribution in [0, 0.1) is 0 Å². The van der Waals surface area contributed by atoms with E-state index in [4.69, 9.17) is 9.84 Å². The van der Waals surface area contributed by atoms with Crippen LogP contribution in [0.1, 0.15) is 38.5 Å². The molecule has 0 aromatic carbocycles. The first-order valence-corrected chi connectivity index (χ1v) is 5.38. The summed E-state index contributed by atoms with van der Waals surface area (Å²) in [6.45, 7) is 0.589. The molecule has 2 N–H and O–H groups in total. The molecule has 0 spiro atoms. The van der Waals surface area contributed by atoms with Crippen molar-refractivity contribution < 1.29 is 14.6 Å². The maximum atomic E-state index is 11.2. The van der Waals surface area contributed by atoms with Gasteiger partial charge in [0.1, 0.15) is 6.10 Å². The Bertz CT molecular complexity index is 167. The van der Waals surface area contributed by atoms with Crippen molar-refractivity contribution in [2.45, 2.75) is 44.6 Å². The van der Waals surface area contributed by atoms with E-state index in [2.05, 4.69) is 5.32 Å². The number of carbonyl (C=O) groups is 1. The van der Waals surface area contributed by atoms with Crippen molar-refractivity contribution >= 4 is 6.09 Å². The van der Waals surface area contributed by atoms with Crippen molar-refractivity contribution in [3.63, 3.8) is 0 Å². The molecule has 82 valence electrons. The molecule has 0 bridgehead atoms. The zero-order valence-corrected chi connectivity index (χ0v) is 8.50. The topological polar surface area (TPSA) is 58.6 Å². The van der Waals surface area contributed by atoms with Gasteiger partial charge in [0.2, 0.25) is 0 Å². The average molecular weight is 201 g/mol. The molecule has 14 heavy (non-hydrogen) atoms. The number of aliphatic hydroxyl groups is 1. The number of amides is 1.